The van der Waals surface area contributed by atoms with Gasteiger partial charge in [0.15, 0.2) is 21.9 Å². The van der Waals surface area contributed by atoms with E-state index in [1.165, 1.54) is 4.90 Å². The van der Waals surface area contributed by atoms with Crippen LogP contribution in [0.25, 0.3) is 0 Å². The molecule has 12 heteroatoms. The van der Waals surface area contributed by atoms with Crippen molar-refractivity contribution in [3.63, 3.8) is 0 Å². The van der Waals surface area contributed by atoms with Gasteiger partial charge in [-0.1, -0.05) is 23.4 Å². The molecule has 2 saturated heterocycles. The Morgan fingerprint density at radius 1 is 1.32 bits per heavy atom. The molecule has 154 valence electrons. The second-order valence-corrected chi connectivity index (χ2v) is 8.85. The van der Waals surface area contributed by atoms with Crippen LogP contribution in [0.1, 0.15) is 26.7 Å². The molecule has 2 N–H and O–H groups in total. The molecule has 2 bridgehead atoms. The van der Waals surface area contributed by atoms with Crippen molar-refractivity contribution in [2.75, 3.05) is 16.4 Å². The number of halogens is 4. The number of anilines is 2. The minimum absolute atomic E-state index is 0.0115. The van der Waals surface area contributed by atoms with Crippen LogP contribution in [0.4, 0.5) is 24.7 Å². The number of ether oxygens (including phenoxy) is 2. The average molecular weight is 439 g/mol. The highest BCUT2D eigenvalue weighted by Gasteiger charge is 2.64. The lowest BCUT2D eigenvalue weighted by Crippen LogP contribution is -2.51. The maximum atomic E-state index is 12.9. The molecule has 4 rings (SSSR count). The summed E-state index contributed by atoms with van der Waals surface area (Å²) >= 11 is 6.87. The van der Waals surface area contributed by atoms with Crippen molar-refractivity contribution in [3.8, 4) is 0 Å². The van der Waals surface area contributed by atoms with Crippen molar-refractivity contribution in [1.29, 1.82) is 0 Å². The molecular weight excluding hydrogens is 421 g/mol. The predicted molar refractivity (Wildman–Crippen MR) is 96.1 cm³/mol. The Labute approximate surface area is 168 Å². The van der Waals surface area contributed by atoms with Crippen LogP contribution in [-0.4, -0.2) is 51.8 Å². The van der Waals surface area contributed by atoms with Gasteiger partial charge in [0, 0.05) is 5.75 Å². The monoisotopic (exact) mass is 438 g/mol. The van der Waals surface area contributed by atoms with E-state index in [1.807, 2.05) is 0 Å². The third kappa shape index (κ3) is 3.42. The van der Waals surface area contributed by atoms with Gasteiger partial charge in [-0.3, -0.25) is 9.69 Å². The van der Waals surface area contributed by atoms with Crippen molar-refractivity contribution < 1.29 is 27.4 Å². The Morgan fingerprint density at radius 2 is 2.00 bits per heavy atom. The van der Waals surface area contributed by atoms with Crippen LogP contribution in [-0.2, 0) is 14.3 Å². The molecule has 1 aromatic heterocycles. The Balaban J connectivity index is 1.60. The molecule has 3 fully saturated rings. The number of nitrogen functional groups attached to an aromatic ring is 1. The zero-order valence-electron chi connectivity index (χ0n) is 15.0. The fourth-order valence-corrected chi connectivity index (χ4v) is 5.01. The quantitative estimate of drug-likeness (QED) is 0.439. The molecule has 7 nitrogen and oxygen atoms in total. The van der Waals surface area contributed by atoms with Crippen LogP contribution in [0.5, 0.6) is 0 Å². The fourth-order valence-electron chi connectivity index (χ4n) is 3.97. The van der Waals surface area contributed by atoms with Crippen LogP contribution >= 0.6 is 23.4 Å². The van der Waals surface area contributed by atoms with E-state index in [0.717, 1.165) is 11.8 Å². The first-order valence-electron chi connectivity index (χ1n) is 8.68. The molecule has 1 amide bonds. The molecule has 0 radical (unpaired) electrons. The summed E-state index contributed by atoms with van der Waals surface area (Å²) in [6, 6.07) is -0.328. The predicted octanol–water partition coefficient (Wildman–Crippen LogP) is 3.01. The molecule has 3 aliphatic rings. The summed E-state index contributed by atoms with van der Waals surface area (Å²) in [5.74, 6) is -1.54. The fraction of sp³-hybridized carbons (Fsp3) is 0.688. The number of thioether (sulfide) groups is 1. The zero-order valence-corrected chi connectivity index (χ0v) is 16.6. The van der Waals surface area contributed by atoms with Crippen molar-refractivity contribution in [2.24, 2.45) is 5.92 Å². The van der Waals surface area contributed by atoms with Crippen molar-refractivity contribution in [2.45, 2.75) is 62.1 Å². The topological polar surface area (TPSA) is 90.6 Å². The molecular formula is C16H18ClF3N4O3S. The normalized spacial score (nSPS) is 30.9. The van der Waals surface area contributed by atoms with Crippen LogP contribution in [0, 0.1) is 5.92 Å². The number of fused-ring (bicyclic) bond motifs is 5. The number of hydrogen-bond donors (Lipinski definition) is 1. The summed E-state index contributed by atoms with van der Waals surface area (Å²) in [7, 11) is 0. The van der Waals surface area contributed by atoms with Gasteiger partial charge in [-0.05, 0) is 20.3 Å². The first kappa shape index (κ1) is 20.0. The molecule has 3 heterocycles. The van der Waals surface area contributed by atoms with Crippen LogP contribution in [0.2, 0.25) is 5.15 Å². The van der Waals surface area contributed by atoms with Crippen LogP contribution in [0.3, 0.4) is 0 Å². The van der Waals surface area contributed by atoms with Crippen LogP contribution in [0.15, 0.2) is 5.16 Å². The van der Waals surface area contributed by atoms with E-state index in [4.69, 9.17) is 26.8 Å². The summed E-state index contributed by atoms with van der Waals surface area (Å²) in [4.78, 5) is 22.5. The first-order chi connectivity index (χ1) is 13.0. The number of nitrogens with two attached hydrogens (primary N) is 1. The molecule has 0 spiro atoms. The van der Waals surface area contributed by atoms with Gasteiger partial charge in [0.25, 0.3) is 0 Å². The Kier molecular flexibility index (Phi) is 4.72. The largest absolute Gasteiger partial charge is 0.393 e. The maximum absolute atomic E-state index is 12.9. The number of aromatic nitrogens is 2. The molecule has 0 aromatic carbocycles. The minimum atomic E-state index is -4.28. The highest BCUT2D eigenvalue weighted by Crippen LogP contribution is 2.51. The number of nitrogens with zero attached hydrogens (tertiary/aromatic N) is 3. The standard InChI is InChI=1S/C16H18ClF3N4O3S/c1-15(2)26-9-6-5-7(10(9)27-15)24(13(6)25)12-8(21)11(17)22-14(23-12)28-4-3-16(18,19)20/h6-7,9-10H,3-5,21H2,1-2H3. The number of piperidine rings is 1. The molecule has 1 saturated carbocycles. The SMILES string of the molecule is CC1(C)OC2C3CC(C2O1)N(c1nc(SCCC(F)(F)F)nc(Cl)c1N)C3=O. The number of rotatable bonds is 4. The molecule has 2 aliphatic heterocycles. The number of carbonyl (C=O) groups excluding carboxylic acids is 1. The third-order valence-corrected chi connectivity index (χ3v) is 6.16. The smallest absolute Gasteiger partial charge is 0.389 e. The average Bonchev–Trinajstić information content (AvgIpc) is 3.16. The number of amides is 1. The van der Waals surface area contributed by atoms with Gasteiger partial charge in [0.05, 0.1) is 18.4 Å². The molecule has 4 atom stereocenters. The van der Waals surface area contributed by atoms with Crippen LogP contribution < -0.4 is 10.6 Å². The van der Waals surface area contributed by atoms with E-state index in [9.17, 15) is 18.0 Å². The summed E-state index contributed by atoms with van der Waals surface area (Å²) in [6.45, 7) is 3.57. The summed E-state index contributed by atoms with van der Waals surface area (Å²) < 4.78 is 49.0. The van der Waals surface area contributed by atoms with E-state index < -0.39 is 18.4 Å². The number of carbonyl (C=O) groups is 1. The van der Waals surface area contributed by atoms with Gasteiger partial charge in [0.2, 0.25) is 5.91 Å². The third-order valence-electron chi connectivity index (χ3n) is 5.02. The van der Waals surface area contributed by atoms with E-state index in [2.05, 4.69) is 9.97 Å². The van der Waals surface area contributed by atoms with E-state index in [0.29, 0.717) is 6.42 Å². The van der Waals surface area contributed by atoms with E-state index in [1.54, 1.807) is 13.8 Å². The second kappa shape index (κ2) is 6.61. The Hall–Kier alpha value is -1.30. The highest BCUT2D eigenvalue weighted by molar-refractivity contribution is 7.99. The molecule has 1 aromatic rings. The lowest BCUT2D eigenvalue weighted by atomic mass is 10.0. The Morgan fingerprint density at radius 3 is 2.68 bits per heavy atom. The summed E-state index contributed by atoms with van der Waals surface area (Å²) in [5, 5.41) is -0.0648. The lowest BCUT2D eigenvalue weighted by molar-refractivity contribution is -0.155. The maximum Gasteiger partial charge on any atom is 0.389 e. The van der Waals surface area contributed by atoms with Gasteiger partial charge in [0.1, 0.15) is 17.9 Å². The Bertz CT molecular complexity index is 825. The highest BCUT2D eigenvalue weighted by atomic mass is 35.5. The molecule has 4 unspecified atom stereocenters. The summed E-state index contributed by atoms with van der Waals surface area (Å²) in [6.07, 6.45) is -5.40. The van der Waals surface area contributed by atoms with Crippen molar-refractivity contribution >= 4 is 40.8 Å². The molecule has 28 heavy (non-hydrogen) atoms. The second-order valence-electron chi connectivity index (χ2n) is 7.43. The van der Waals surface area contributed by atoms with Gasteiger partial charge in [-0.25, -0.2) is 9.97 Å². The van der Waals surface area contributed by atoms with Gasteiger partial charge < -0.3 is 15.2 Å². The van der Waals surface area contributed by atoms with Gasteiger partial charge >= 0.3 is 6.18 Å². The van der Waals surface area contributed by atoms with Gasteiger partial charge in [-0.2, -0.15) is 13.2 Å². The molecule has 1 aliphatic carbocycles. The summed E-state index contributed by atoms with van der Waals surface area (Å²) in [5.41, 5.74) is 6.01. The van der Waals surface area contributed by atoms with Crippen molar-refractivity contribution in [3.05, 3.63) is 5.15 Å². The zero-order chi connectivity index (χ0) is 20.4. The number of alkyl halides is 3. The van der Waals surface area contributed by atoms with E-state index >= 15 is 0 Å². The lowest BCUT2D eigenvalue weighted by Gasteiger charge is -2.32. The first-order valence-corrected chi connectivity index (χ1v) is 10.0. The minimum Gasteiger partial charge on any atom is -0.393 e. The van der Waals surface area contributed by atoms with E-state index in [-0.39, 0.29) is 57.6 Å². The number of hydrogen-bond acceptors (Lipinski definition) is 7. The van der Waals surface area contributed by atoms with Crippen molar-refractivity contribution in [1.82, 2.24) is 9.97 Å². The van der Waals surface area contributed by atoms with Gasteiger partial charge in [-0.15, -0.1) is 0 Å².